The van der Waals surface area contributed by atoms with Gasteiger partial charge in [0, 0.05) is 43.5 Å². The van der Waals surface area contributed by atoms with Gasteiger partial charge < -0.3 is 25.0 Å². The number of nitrogens with one attached hydrogen (secondary N) is 1. The van der Waals surface area contributed by atoms with Crippen LogP contribution in [0.3, 0.4) is 0 Å². The molecule has 0 radical (unpaired) electrons. The molecule has 1 aromatic heterocycles. The van der Waals surface area contributed by atoms with Crippen molar-refractivity contribution < 1.29 is 14.6 Å². The van der Waals surface area contributed by atoms with Gasteiger partial charge >= 0.3 is 0 Å². The van der Waals surface area contributed by atoms with Gasteiger partial charge in [-0.15, -0.1) is 0 Å². The standard InChI is InChI=1S/C25H32ClN5O3/c1-16(18-6-4-7-19(11-18)30-12-20(32)13-30)27-23-21-14-31(15-22(21)28-25(26)29-23)24(33)17-5-2-3-9-34-10-8-17/h4,6-7,11,16-17,20,32H,2-3,5,8-10,12-15H2,1H3,(H,27,28,29)/t16-,17?/m1/s1. The fourth-order valence-corrected chi connectivity index (χ4v) is 5.20. The van der Waals surface area contributed by atoms with Crippen molar-refractivity contribution in [3.05, 3.63) is 46.4 Å². The molecule has 2 fully saturated rings. The quantitative estimate of drug-likeness (QED) is 0.626. The zero-order valence-electron chi connectivity index (χ0n) is 19.5. The Hall–Kier alpha value is -2.42. The van der Waals surface area contributed by atoms with Crippen molar-refractivity contribution >= 4 is 29.0 Å². The molecule has 0 saturated carbocycles. The van der Waals surface area contributed by atoms with Gasteiger partial charge in [0.1, 0.15) is 5.82 Å². The molecule has 2 atom stereocenters. The third-order valence-electron chi connectivity index (χ3n) is 7.07. The predicted molar refractivity (Wildman–Crippen MR) is 131 cm³/mol. The normalized spacial score (nSPS) is 21.9. The minimum absolute atomic E-state index is 0.00357. The molecule has 182 valence electrons. The Balaban J connectivity index is 1.30. The first-order chi connectivity index (χ1) is 16.5. The zero-order valence-corrected chi connectivity index (χ0v) is 20.3. The molecule has 3 aliphatic heterocycles. The Bertz CT molecular complexity index is 1040. The van der Waals surface area contributed by atoms with E-state index >= 15 is 0 Å². The summed E-state index contributed by atoms with van der Waals surface area (Å²) in [6, 6.07) is 8.29. The number of anilines is 2. The van der Waals surface area contributed by atoms with Gasteiger partial charge in [-0.25, -0.2) is 9.97 Å². The van der Waals surface area contributed by atoms with Gasteiger partial charge in [-0.2, -0.15) is 0 Å². The van der Waals surface area contributed by atoms with Crippen LogP contribution in [-0.2, 0) is 22.6 Å². The summed E-state index contributed by atoms with van der Waals surface area (Å²) in [5.74, 6) is 0.850. The summed E-state index contributed by atoms with van der Waals surface area (Å²) in [5, 5.41) is 13.3. The molecule has 8 nitrogen and oxygen atoms in total. The summed E-state index contributed by atoms with van der Waals surface area (Å²) in [5.41, 5.74) is 3.97. The van der Waals surface area contributed by atoms with Crippen LogP contribution >= 0.6 is 11.6 Å². The van der Waals surface area contributed by atoms with Crippen LogP contribution < -0.4 is 10.2 Å². The largest absolute Gasteiger partial charge is 0.389 e. The Kier molecular flexibility index (Phi) is 6.90. The number of ether oxygens (including phenoxy) is 1. The highest BCUT2D eigenvalue weighted by molar-refractivity contribution is 6.28. The average Bonchev–Trinajstić information content (AvgIpc) is 3.20. The van der Waals surface area contributed by atoms with E-state index in [4.69, 9.17) is 16.3 Å². The molecule has 0 aliphatic carbocycles. The van der Waals surface area contributed by atoms with E-state index in [1.165, 1.54) is 0 Å². The molecule has 9 heteroatoms. The Labute approximate surface area is 205 Å². The van der Waals surface area contributed by atoms with Gasteiger partial charge in [0.05, 0.1) is 30.9 Å². The number of aliphatic hydroxyl groups excluding tert-OH is 1. The Morgan fingerprint density at radius 3 is 2.88 bits per heavy atom. The first-order valence-corrected chi connectivity index (χ1v) is 12.6. The van der Waals surface area contributed by atoms with Crippen LogP contribution in [0.25, 0.3) is 0 Å². The number of hydrogen-bond donors (Lipinski definition) is 2. The third kappa shape index (κ3) is 4.99. The predicted octanol–water partition coefficient (Wildman–Crippen LogP) is 3.53. The molecule has 1 amide bonds. The lowest BCUT2D eigenvalue weighted by Gasteiger charge is -2.38. The minimum atomic E-state index is -0.245. The van der Waals surface area contributed by atoms with E-state index in [0.29, 0.717) is 38.6 Å². The number of fused-ring (bicyclic) bond motifs is 1. The summed E-state index contributed by atoms with van der Waals surface area (Å²) in [6.07, 6.45) is 3.46. The molecule has 2 saturated heterocycles. The van der Waals surface area contributed by atoms with Gasteiger partial charge in [-0.3, -0.25) is 4.79 Å². The van der Waals surface area contributed by atoms with Crippen LogP contribution in [0.2, 0.25) is 5.28 Å². The van der Waals surface area contributed by atoms with Crippen molar-refractivity contribution in [2.75, 3.05) is 36.5 Å². The maximum absolute atomic E-state index is 13.3. The van der Waals surface area contributed by atoms with Crippen molar-refractivity contribution in [3.63, 3.8) is 0 Å². The number of hydrogen-bond acceptors (Lipinski definition) is 7. The van der Waals surface area contributed by atoms with Crippen LogP contribution in [0, 0.1) is 5.92 Å². The van der Waals surface area contributed by atoms with Gasteiger partial charge in [-0.05, 0) is 55.5 Å². The molecule has 1 aromatic carbocycles. The van der Waals surface area contributed by atoms with Crippen LogP contribution in [0.5, 0.6) is 0 Å². The smallest absolute Gasteiger partial charge is 0.226 e. The number of amides is 1. The number of nitrogens with zero attached hydrogens (tertiary/aromatic N) is 4. The van der Waals surface area contributed by atoms with E-state index in [-0.39, 0.29) is 29.3 Å². The fourth-order valence-electron chi connectivity index (χ4n) is 5.02. The number of benzene rings is 1. The van der Waals surface area contributed by atoms with Crippen LogP contribution in [0.15, 0.2) is 24.3 Å². The molecule has 2 N–H and O–H groups in total. The highest BCUT2D eigenvalue weighted by Crippen LogP contribution is 2.33. The number of aliphatic hydroxyl groups is 1. The second kappa shape index (κ2) is 10.1. The molecular formula is C25H32ClN5O3. The fraction of sp³-hybridized carbons (Fsp3) is 0.560. The number of halogens is 1. The number of rotatable bonds is 5. The maximum Gasteiger partial charge on any atom is 0.226 e. The Morgan fingerprint density at radius 1 is 1.21 bits per heavy atom. The number of β-amino-alcohol motifs (C(OH)–C–C–N with tert-alkyl or cyclic N) is 1. The van der Waals surface area contributed by atoms with Crippen LogP contribution in [0.1, 0.15) is 55.5 Å². The zero-order chi connectivity index (χ0) is 23.7. The first kappa shape index (κ1) is 23.3. The number of aromatic nitrogens is 2. The van der Waals surface area contributed by atoms with E-state index in [1.54, 1.807) is 0 Å². The number of carbonyl (C=O) groups excluding carboxylic acids is 1. The second-order valence-corrected chi connectivity index (χ2v) is 9.91. The maximum atomic E-state index is 13.3. The summed E-state index contributed by atoms with van der Waals surface area (Å²) < 4.78 is 5.60. The van der Waals surface area contributed by atoms with Crippen molar-refractivity contribution in [3.8, 4) is 0 Å². The topological polar surface area (TPSA) is 90.8 Å². The van der Waals surface area contributed by atoms with E-state index in [2.05, 4.69) is 45.3 Å². The van der Waals surface area contributed by atoms with E-state index in [0.717, 1.165) is 54.8 Å². The number of carbonyl (C=O) groups is 1. The summed E-state index contributed by atoms with van der Waals surface area (Å²) in [4.78, 5) is 26.2. The lowest BCUT2D eigenvalue weighted by Crippen LogP contribution is -2.50. The monoisotopic (exact) mass is 485 g/mol. The molecule has 34 heavy (non-hydrogen) atoms. The summed E-state index contributed by atoms with van der Waals surface area (Å²) >= 11 is 6.27. The summed E-state index contributed by atoms with van der Waals surface area (Å²) in [7, 11) is 0. The highest BCUT2D eigenvalue weighted by atomic mass is 35.5. The Morgan fingerprint density at radius 2 is 2.06 bits per heavy atom. The molecule has 1 unspecified atom stereocenters. The van der Waals surface area contributed by atoms with Crippen LogP contribution in [-0.4, -0.2) is 58.3 Å². The molecule has 4 heterocycles. The second-order valence-electron chi connectivity index (χ2n) is 9.57. The lowest BCUT2D eigenvalue weighted by molar-refractivity contribution is -0.137. The molecule has 5 rings (SSSR count). The lowest BCUT2D eigenvalue weighted by atomic mass is 9.96. The van der Waals surface area contributed by atoms with Gasteiger partial charge in [0.25, 0.3) is 0 Å². The van der Waals surface area contributed by atoms with Crippen molar-refractivity contribution in [2.24, 2.45) is 5.92 Å². The minimum Gasteiger partial charge on any atom is -0.389 e. The third-order valence-corrected chi connectivity index (χ3v) is 7.24. The van der Waals surface area contributed by atoms with E-state index < -0.39 is 0 Å². The highest BCUT2D eigenvalue weighted by Gasteiger charge is 2.33. The first-order valence-electron chi connectivity index (χ1n) is 12.2. The van der Waals surface area contributed by atoms with Crippen molar-refractivity contribution in [1.29, 1.82) is 0 Å². The molecular weight excluding hydrogens is 454 g/mol. The van der Waals surface area contributed by atoms with Crippen LogP contribution in [0.4, 0.5) is 11.5 Å². The van der Waals surface area contributed by atoms with E-state index in [1.807, 2.05) is 11.0 Å². The molecule has 2 aromatic rings. The molecule has 0 spiro atoms. The average molecular weight is 486 g/mol. The van der Waals surface area contributed by atoms with Crippen molar-refractivity contribution in [1.82, 2.24) is 14.9 Å². The van der Waals surface area contributed by atoms with Gasteiger partial charge in [0.2, 0.25) is 11.2 Å². The SMILES string of the molecule is C[C@@H](Nc1nc(Cl)nc2c1CN(C(=O)C1CCCCOCC1)C2)c1cccc(N2CC(O)C2)c1. The molecule has 3 aliphatic rings. The summed E-state index contributed by atoms with van der Waals surface area (Å²) in [6.45, 7) is 5.79. The van der Waals surface area contributed by atoms with Gasteiger partial charge in [0.15, 0.2) is 0 Å². The van der Waals surface area contributed by atoms with E-state index in [9.17, 15) is 9.90 Å². The molecule has 0 bridgehead atoms. The van der Waals surface area contributed by atoms with Gasteiger partial charge in [-0.1, -0.05) is 18.6 Å². The van der Waals surface area contributed by atoms with Crippen molar-refractivity contribution in [2.45, 2.75) is 57.8 Å².